The maximum absolute atomic E-state index is 11.5. The van der Waals surface area contributed by atoms with Gasteiger partial charge < -0.3 is 5.32 Å². The summed E-state index contributed by atoms with van der Waals surface area (Å²) in [6, 6.07) is 0.488. The normalized spacial score (nSPS) is 28.1. The molecule has 0 bridgehead atoms. The van der Waals surface area contributed by atoms with Gasteiger partial charge in [0.05, 0.1) is 5.75 Å². The summed E-state index contributed by atoms with van der Waals surface area (Å²) in [4.78, 5) is 2.49. The summed E-state index contributed by atoms with van der Waals surface area (Å²) in [7, 11) is -2.88. The van der Waals surface area contributed by atoms with Gasteiger partial charge in [-0.3, -0.25) is 4.90 Å². The summed E-state index contributed by atoms with van der Waals surface area (Å²) in [6.07, 6.45) is 7.67. The molecule has 0 aromatic carbocycles. The molecule has 4 nitrogen and oxygen atoms in total. The molecule has 1 saturated carbocycles. The lowest BCUT2D eigenvalue weighted by molar-refractivity contribution is 0.00690. The van der Waals surface area contributed by atoms with Gasteiger partial charge in [0.15, 0.2) is 0 Å². The van der Waals surface area contributed by atoms with Gasteiger partial charge in [-0.2, -0.15) is 0 Å². The standard InChI is InChI=1S/C15H30N2O2S/c1-13(2)14-11-17(9-10-20(3,18)19)15(12-16-14)7-5-4-6-8-15/h13-14,16H,4-12H2,1-3H3. The van der Waals surface area contributed by atoms with E-state index < -0.39 is 9.84 Å². The molecule has 1 aliphatic heterocycles. The zero-order chi connectivity index (χ0) is 14.8. The molecule has 1 aliphatic carbocycles. The molecule has 1 heterocycles. The van der Waals surface area contributed by atoms with Crippen molar-refractivity contribution in [3.05, 3.63) is 0 Å². The Morgan fingerprint density at radius 3 is 2.45 bits per heavy atom. The minimum absolute atomic E-state index is 0.217. The topological polar surface area (TPSA) is 49.4 Å². The molecule has 0 radical (unpaired) electrons. The van der Waals surface area contributed by atoms with Gasteiger partial charge in [0.1, 0.15) is 9.84 Å². The molecule has 118 valence electrons. The van der Waals surface area contributed by atoms with E-state index in [-0.39, 0.29) is 5.54 Å². The van der Waals surface area contributed by atoms with Crippen LogP contribution in [0.1, 0.15) is 46.0 Å². The van der Waals surface area contributed by atoms with Crippen LogP contribution in [0.25, 0.3) is 0 Å². The third-order valence-corrected chi connectivity index (χ3v) is 6.03. The second-order valence-electron chi connectivity index (χ2n) is 7.09. The van der Waals surface area contributed by atoms with Crippen molar-refractivity contribution in [3.8, 4) is 0 Å². The van der Waals surface area contributed by atoms with E-state index >= 15 is 0 Å². The van der Waals surface area contributed by atoms with E-state index in [0.29, 0.717) is 24.3 Å². The number of piperazine rings is 1. The summed E-state index contributed by atoms with van der Waals surface area (Å²) in [5, 5.41) is 3.72. The van der Waals surface area contributed by atoms with Gasteiger partial charge in [0, 0.05) is 37.5 Å². The van der Waals surface area contributed by atoms with Crippen molar-refractivity contribution >= 4 is 9.84 Å². The van der Waals surface area contributed by atoms with Gasteiger partial charge in [0.2, 0.25) is 0 Å². The van der Waals surface area contributed by atoms with Crippen LogP contribution in [0.3, 0.4) is 0 Å². The molecule has 5 heteroatoms. The Morgan fingerprint density at radius 2 is 1.90 bits per heavy atom. The number of nitrogens with one attached hydrogen (secondary N) is 1. The Labute approximate surface area is 124 Å². The smallest absolute Gasteiger partial charge is 0.148 e. The molecule has 0 aromatic heterocycles. The van der Waals surface area contributed by atoms with E-state index in [1.165, 1.54) is 38.4 Å². The minimum Gasteiger partial charge on any atom is -0.311 e. The fraction of sp³-hybridized carbons (Fsp3) is 1.00. The van der Waals surface area contributed by atoms with E-state index in [9.17, 15) is 8.42 Å². The highest BCUT2D eigenvalue weighted by atomic mass is 32.2. The molecule has 1 saturated heterocycles. The zero-order valence-corrected chi connectivity index (χ0v) is 14.0. The number of hydrogen-bond acceptors (Lipinski definition) is 4. The highest BCUT2D eigenvalue weighted by Gasteiger charge is 2.42. The molecule has 1 unspecified atom stereocenters. The molecule has 1 spiro atoms. The summed E-state index contributed by atoms with van der Waals surface area (Å²) in [5.74, 6) is 0.885. The van der Waals surface area contributed by atoms with Gasteiger partial charge in [-0.1, -0.05) is 33.1 Å². The van der Waals surface area contributed by atoms with Crippen molar-refractivity contribution in [3.63, 3.8) is 0 Å². The number of rotatable bonds is 4. The van der Waals surface area contributed by atoms with Crippen LogP contribution in [0.5, 0.6) is 0 Å². The van der Waals surface area contributed by atoms with Crippen LogP contribution in [0.15, 0.2) is 0 Å². The third-order valence-electron chi connectivity index (χ3n) is 5.10. The SMILES string of the molecule is CC(C)C1CN(CCS(C)(=O)=O)C2(CCCCC2)CN1. The lowest BCUT2D eigenvalue weighted by Gasteiger charge is -2.53. The van der Waals surface area contributed by atoms with Crippen LogP contribution in [0.4, 0.5) is 0 Å². The lowest BCUT2D eigenvalue weighted by atomic mass is 9.77. The fourth-order valence-corrected chi connectivity index (χ4v) is 4.23. The second kappa shape index (κ2) is 6.32. The molecular formula is C15H30N2O2S. The van der Waals surface area contributed by atoms with Gasteiger partial charge in [-0.15, -0.1) is 0 Å². The summed E-state index contributed by atoms with van der Waals surface area (Å²) in [6.45, 7) is 7.20. The van der Waals surface area contributed by atoms with Crippen molar-refractivity contribution in [2.24, 2.45) is 5.92 Å². The van der Waals surface area contributed by atoms with Gasteiger partial charge in [-0.05, 0) is 18.8 Å². The Hall–Kier alpha value is -0.130. The summed E-state index contributed by atoms with van der Waals surface area (Å²) in [5.41, 5.74) is 0.217. The second-order valence-corrected chi connectivity index (χ2v) is 9.35. The van der Waals surface area contributed by atoms with E-state index in [2.05, 4.69) is 24.1 Å². The van der Waals surface area contributed by atoms with Gasteiger partial charge in [0.25, 0.3) is 0 Å². The first-order chi connectivity index (χ1) is 9.32. The Balaban J connectivity index is 2.09. The minimum atomic E-state index is -2.88. The fourth-order valence-electron chi connectivity index (χ4n) is 3.68. The molecule has 2 rings (SSSR count). The molecule has 0 amide bonds. The first kappa shape index (κ1) is 16.2. The first-order valence-corrected chi connectivity index (χ1v) is 10.0. The van der Waals surface area contributed by atoms with Crippen LogP contribution >= 0.6 is 0 Å². The highest BCUT2D eigenvalue weighted by Crippen LogP contribution is 2.35. The van der Waals surface area contributed by atoms with Crippen molar-refractivity contribution in [1.29, 1.82) is 0 Å². The number of sulfone groups is 1. The molecular weight excluding hydrogens is 272 g/mol. The molecule has 2 aliphatic rings. The van der Waals surface area contributed by atoms with E-state index in [1.807, 2.05) is 0 Å². The molecule has 2 fully saturated rings. The number of hydrogen-bond donors (Lipinski definition) is 1. The Kier molecular flexibility index (Phi) is 5.14. The van der Waals surface area contributed by atoms with Crippen LogP contribution in [0.2, 0.25) is 0 Å². The van der Waals surface area contributed by atoms with Crippen LogP contribution in [-0.4, -0.2) is 56.5 Å². The molecule has 0 aromatic rings. The van der Waals surface area contributed by atoms with Crippen LogP contribution < -0.4 is 5.32 Å². The first-order valence-electron chi connectivity index (χ1n) is 7.99. The lowest BCUT2D eigenvalue weighted by Crippen LogP contribution is -2.66. The van der Waals surface area contributed by atoms with Crippen molar-refractivity contribution < 1.29 is 8.42 Å². The Morgan fingerprint density at radius 1 is 1.25 bits per heavy atom. The van der Waals surface area contributed by atoms with Crippen LogP contribution in [-0.2, 0) is 9.84 Å². The van der Waals surface area contributed by atoms with E-state index in [1.54, 1.807) is 0 Å². The molecule has 1 N–H and O–H groups in total. The quantitative estimate of drug-likeness (QED) is 0.858. The van der Waals surface area contributed by atoms with Crippen molar-refractivity contribution in [1.82, 2.24) is 10.2 Å². The predicted molar refractivity (Wildman–Crippen MR) is 83.7 cm³/mol. The zero-order valence-electron chi connectivity index (χ0n) is 13.2. The van der Waals surface area contributed by atoms with E-state index in [4.69, 9.17) is 0 Å². The number of nitrogens with zero attached hydrogens (tertiary/aromatic N) is 1. The average Bonchev–Trinajstić information content (AvgIpc) is 2.37. The monoisotopic (exact) mass is 302 g/mol. The predicted octanol–water partition coefficient (Wildman–Crippen LogP) is 1.66. The maximum atomic E-state index is 11.5. The van der Waals surface area contributed by atoms with E-state index in [0.717, 1.165) is 13.1 Å². The van der Waals surface area contributed by atoms with Gasteiger partial charge in [-0.25, -0.2) is 8.42 Å². The molecule has 20 heavy (non-hydrogen) atoms. The maximum Gasteiger partial charge on any atom is 0.148 e. The van der Waals surface area contributed by atoms with Gasteiger partial charge >= 0.3 is 0 Å². The average molecular weight is 302 g/mol. The summed E-state index contributed by atoms with van der Waals surface area (Å²) >= 11 is 0. The Bertz CT molecular complexity index is 414. The van der Waals surface area contributed by atoms with Crippen molar-refractivity contribution in [2.45, 2.75) is 57.5 Å². The molecule has 1 atom stereocenters. The summed E-state index contributed by atoms with van der Waals surface area (Å²) < 4.78 is 23.0. The third kappa shape index (κ3) is 3.95. The largest absolute Gasteiger partial charge is 0.311 e. The highest BCUT2D eigenvalue weighted by molar-refractivity contribution is 7.90. The van der Waals surface area contributed by atoms with Crippen molar-refractivity contribution in [2.75, 3.05) is 31.6 Å². The van der Waals surface area contributed by atoms with Crippen LogP contribution in [0, 0.1) is 5.92 Å².